The van der Waals surface area contributed by atoms with Gasteiger partial charge in [-0.1, -0.05) is 6.92 Å². The molecule has 1 aromatic carbocycles. The number of aliphatic hydroxyl groups excluding tert-OH is 1. The van der Waals surface area contributed by atoms with Gasteiger partial charge in [0.1, 0.15) is 5.82 Å². The highest BCUT2D eigenvalue weighted by atomic mass is 32.1. The van der Waals surface area contributed by atoms with E-state index in [1.165, 1.54) is 35.3 Å². The predicted molar refractivity (Wildman–Crippen MR) is 89.3 cm³/mol. The number of hydrogen-bond acceptors (Lipinski definition) is 5. The molecule has 0 aliphatic heterocycles. The van der Waals surface area contributed by atoms with Gasteiger partial charge in [-0.25, -0.2) is 9.37 Å². The van der Waals surface area contributed by atoms with Crippen molar-refractivity contribution < 1.29 is 14.3 Å². The zero-order chi connectivity index (χ0) is 16.8. The van der Waals surface area contributed by atoms with E-state index in [1.807, 2.05) is 12.3 Å². The molecule has 7 heteroatoms. The summed E-state index contributed by atoms with van der Waals surface area (Å²) in [7, 11) is 0. The summed E-state index contributed by atoms with van der Waals surface area (Å²) in [6.45, 7) is 4.79. The number of nitrogens with one attached hydrogen (secondary N) is 1. The maximum atomic E-state index is 13.0. The molecule has 0 fully saturated rings. The molecule has 2 rings (SSSR count). The molecule has 0 saturated carbocycles. The van der Waals surface area contributed by atoms with Gasteiger partial charge in [0.25, 0.3) is 0 Å². The van der Waals surface area contributed by atoms with Crippen molar-refractivity contribution in [3.05, 3.63) is 41.2 Å². The minimum absolute atomic E-state index is 0.137. The minimum atomic E-state index is -0.348. The standard InChI is InChI=1S/C16H20FN3O2S/c1-11(9-21)7-18-8-14-10-23-16(19-14)20(12(2)22)15-5-3-13(17)4-6-15/h3-6,10-11,18,21H,7-9H2,1-2H3. The summed E-state index contributed by atoms with van der Waals surface area (Å²) in [5.41, 5.74) is 1.41. The summed E-state index contributed by atoms with van der Waals surface area (Å²) in [6, 6.07) is 5.74. The summed E-state index contributed by atoms with van der Waals surface area (Å²) in [5.74, 6) is -0.348. The first kappa shape index (κ1) is 17.5. The van der Waals surface area contributed by atoms with E-state index in [4.69, 9.17) is 5.11 Å². The average molecular weight is 337 g/mol. The molecule has 1 unspecified atom stereocenters. The van der Waals surface area contributed by atoms with Crippen molar-refractivity contribution in [1.29, 1.82) is 0 Å². The molecule has 23 heavy (non-hydrogen) atoms. The van der Waals surface area contributed by atoms with Crippen LogP contribution in [0, 0.1) is 11.7 Å². The topological polar surface area (TPSA) is 65.5 Å². The van der Waals surface area contributed by atoms with Crippen LogP contribution in [0.15, 0.2) is 29.6 Å². The summed E-state index contributed by atoms with van der Waals surface area (Å²) >= 11 is 1.36. The van der Waals surface area contributed by atoms with Gasteiger partial charge < -0.3 is 10.4 Å². The molecule has 0 aliphatic rings. The molecule has 0 radical (unpaired) electrons. The Morgan fingerprint density at radius 1 is 1.43 bits per heavy atom. The van der Waals surface area contributed by atoms with E-state index in [0.717, 1.165) is 5.69 Å². The number of aliphatic hydroxyl groups is 1. The third-order valence-electron chi connectivity index (χ3n) is 3.24. The fraction of sp³-hybridized carbons (Fsp3) is 0.375. The lowest BCUT2D eigenvalue weighted by Gasteiger charge is -2.17. The molecule has 1 aromatic heterocycles. The summed E-state index contributed by atoms with van der Waals surface area (Å²) < 4.78 is 13.0. The molecule has 0 bridgehead atoms. The van der Waals surface area contributed by atoms with E-state index < -0.39 is 0 Å². The predicted octanol–water partition coefficient (Wildman–Crippen LogP) is 2.68. The van der Waals surface area contributed by atoms with Crippen molar-refractivity contribution in [2.75, 3.05) is 18.1 Å². The Bertz CT molecular complexity index is 645. The normalized spacial score (nSPS) is 12.2. The van der Waals surface area contributed by atoms with Crippen molar-refractivity contribution in [1.82, 2.24) is 10.3 Å². The summed E-state index contributed by atoms with van der Waals surface area (Å²) in [5, 5.41) is 14.6. The number of carbonyl (C=O) groups is 1. The monoisotopic (exact) mass is 337 g/mol. The first-order valence-electron chi connectivity index (χ1n) is 7.33. The number of rotatable bonds is 7. The number of halogens is 1. The highest BCUT2D eigenvalue weighted by Crippen LogP contribution is 2.29. The zero-order valence-electron chi connectivity index (χ0n) is 13.1. The van der Waals surface area contributed by atoms with Crippen LogP contribution in [0.2, 0.25) is 0 Å². The Morgan fingerprint density at radius 2 is 2.13 bits per heavy atom. The third kappa shape index (κ3) is 4.82. The fourth-order valence-corrected chi connectivity index (χ4v) is 2.90. The SMILES string of the molecule is CC(=O)N(c1ccc(F)cc1)c1nc(CNCC(C)CO)cs1. The Hall–Kier alpha value is -1.83. The van der Waals surface area contributed by atoms with Gasteiger partial charge >= 0.3 is 0 Å². The molecule has 2 N–H and O–H groups in total. The second-order valence-electron chi connectivity index (χ2n) is 5.37. The molecule has 1 amide bonds. The van der Waals surface area contributed by atoms with Crippen LogP contribution in [-0.4, -0.2) is 29.1 Å². The molecule has 2 aromatic rings. The first-order chi connectivity index (χ1) is 11.0. The van der Waals surface area contributed by atoms with Crippen LogP contribution in [0.5, 0.6) is 0 Å². The Balaban J connectivity index is 2.09. The maximum Gasteiger partial charge on any atom is 0.230 e. The number of nitrogens with zero attached hydrogens (tertiary/aromatic N) is 2. The van der Waals surface area contributed by atoms with E-state index in [1.54, 1.807) is 12.1 Å². The number of aromatic nitrogens is 1. The number of hydrogen-bond donors (Lipinski definition) is 2. The fourth-order valence-electron chi connectivity index (χ4n) is 2.01. The van der Waals surface area contributed by atoms with E-state index in [9.17, 15) is 9.18 Å². The van der Waals surface area contributed by atoms with Gasteiger partial charge in [0, 0.05) is 32.0 Å². The number of anilines is 2. The number of benzene rings is 1. The summed E-state index contributed by atoms with van der Waals surface area (Å²) in [6.07, 6.45) is 0. The lowest BCUT2D eigenvalue weighted by molar-refractivity contribution is -0.115. The Kier molecular flexibility index (Phi) is 6.20. The Morgan fingerprint density at radius 3 is 2.74 bits per heavy atom. The number of carbonyl (C=O) groups excluding carboxylic acids is 1. The highest BCUT2D eigenvalue weighted by molar-refractivity contribution is 7.14. The molecule has 0 aliphatic carbocycles. The van der Waals surface area contributed by atoms with E-state index in [0.29, 0.717) is 23.9 Å². The van der Waals surface area contributed by atoms with Crippen molar-refractivity contribution in [2.24, 2.45) is 5.92 Å². The van der Waals surface area contributed by atoms with Crippen LogP contribution >= 0.6 is 11.3 Å². The smallest absolute Gasteiger partial charge is 0.230 e. The average Bonchev–Trinajstić information content (AvgIpc) is 2.97. The molecule has 1 heterocycles. The summed E-state index contributed by atoms with van der Waals surface area (Å²) in [4.78, 5) is 17.9. The largest absolute Gasteiger partial charge is 0.396 e. The van der Waals surface area contributed by atoms with Crippen LogP contribution in [-0.2, 0) is 11.3 Å². The van der Waals surface area contributed by atoms with Gasteiger partial charge in [0.2, 0.25) is 5.91 Å². The van der Waals surface area contributed by atoms with Crippen LogP contribution in [0.1, 0.15) is 19.5 Å². The number of thiazole rings is 1. The molecule has 0 spiro atoms. The molecule has 1 atom stereocenters. The van der Waals surface area contributed by atoms with Gasteiger partial charge in [-0.2, -0.15) is 0 Å². The van der Waals surface area contributed by atoms with Gasteiger partial charge in [-0.15, -0.1) is 11.3 Å². The van der Waals surface area contributed by atoms with Crippen LogP contribution in [0.3, 0.4) is 0 Å². The molecule has 0 saturated heterocycles. The number of amides is 1. The second kappa shape index (κ2) is 8.14. The van der Waals surface area contributed by atoms with Crippen LogP contribution in [0.4, 0.5) is 15.2 Å². The highest BCUT2D eigenvalue weighted by Gasteiger charge is 2.18. The van der Waals surface area contributed by atoms with Crippen LogP contribution < -0.4 is 10.2 Å². The lowest BCUT2D eigenvalue weighted by atomic mass is 10.2. The quantitative estimate of drug-likeness (QED) is 0.815. The molecular weight excluding hydrogens is 317 g/mol. The van der Waals surface area contributed by atoms with E-state index in [2.05, 4.69) is 10.3 Å². The van der Waals surface area contributed by atoms with Crippen molar-refractivity contribution in [2.45, 2.75) is 20.4 Å². The van der Waals surface area contributed by atoms with Crippen molar-refractivity contribution in [3.8, 4) is 0 Å². The van der Waals surface area contributed by atoms with Crippen molar-refractivity contribution >= 4 is 28.1 Å². The van der Waals surface area contributed by atoms with Gasteiger partial charge in [-0.05, 0) is 30.2 Å². The van der Waals surface area contributed by atoms with Gasteiger partial charge in [0.05, 0.1) is 11.4 Å². The molecular formula is C16H20FN3O2S. The van der Waals surface area contributed by atoms with E-state index >= 15 is 0 Å². The first-order valence-corrected chi connectivity index (χ1v) is 8.21. The van der Waals surface area contributed by atoms with Gasteiger partial charge in [0.15, 0.2) is 5.13 Å². The maximum absolute atomic E-state index is 13.0. The zero-order valence-corrected chi connectivity index (χ0v) is 13.9. The van der Waals surface area contributed by atoms with Gasteiger partial charge in [-0.3, -0.25) is 9.69 Å². The second-order valence-corrected chi connectivity index (χ2v) is 6.21. The van der Waals surface area contributed by atoms with E-state index in [-0.39, 0.29) is 24.2 Å². The molecule has 5 nitrogen and oxygen atoms in total. The lowest BCUT2D eigenvalue weighted by Crippen LogP contribution is -2.24. The Labute approximate surface area is 138 Å². The van der Waals surface area contributed by atoms with Crippen LogP contribution in [0.25, 0.3) is 0 Å². The third-order valence-corrected chi connectivity index (χ3v) is 4.12. The minimum Gasteiger partial charge on any atom is -0.396 e. The molecule has 124 valence electrons. The van der Waals surface area contributed by atoms with Crippen molar-refractivity contribution in [3.63, 3.8) is 0 Å².